The van der Waals surface area contributed by atoms with Gasteiger partial charge in [0.2, 0.25) is 10.0 Å². The van der Waals surface area contributed by atoms with Crippen LogP contribution in [-0.2, 0) is 10.0 Å². The molecule has 3 N–H and O–H groups in total. The number of nitrogens with one attached hydrogen (secondary N) is 1. The summed E-state index contributed by atoms with van der Waals surface area (Å²) >= 11 is 0. The summed E-state index contributed by atoms with van der Waals surface area (Å²) in [6.45, 7) is 2.02. The summed E-state index contributed by atoms with van der Waals surface area (Å²) in [5, 5.41) is 13.5. The number of rotatable bonds is 4. The van der Waals surface area contributed by atoms with Crippen molar-refractivity contribution in [3.8, 4) is 5.69 Å². The first kappa shape index (κ1) is 17.1. The number of anilines is 2. The number of nitrogens with zero attached hydrogens (tertiary/aromatic N) is 4. The van der Waals surface area contributed by atoms with Gasteiger partial charge in [-0.2, -0.15) is 5.10 Å². The second-order valence-corrected chi connectivity index (χ2v) is 7.61. The lowest BCUT2D eigenvalue weighted by molar-refractivity contribution is 0.597. The molecule has 0 saturated heterocycles. The normalized spacial score (nSPS) is 11.6. The van der Waals surface area contributed by atoms with Crippen molar-refractivity contribution < 1.29 is 8.42 Å². The minimum atomic E-state index is -3.81. The highest BCUT2D eigenvalue weighted by Crippen LogP contribution is 2.25. The molecule has 0 aliphatic heterocycles. The molecule has 27 heavy (non-hydrogen) atoms. The molecular weight excluding hydrogens is 364 g/mol. The van der Waals surface area contributed by atoms with E-state index in [1.165, 1.54) is 18.5 Å². The molecule has 0 amide bonds. The zero-order valence-corrected chi connectivity index (χ0v) is 15.2. The topological polar surface area (TPSA) is 116 Å². The van der Waals surface area contributed by atoms with Gasteiger partial charge in [0, 0.05) is 5.69 Å². The Labute approximate surface area is 155 Å². The average molecular weight is 380 g/mol. The molecule has 8 nitrogen and oxygen atoms in total. The zero-order chi connectivity index (χ0) is 19.0. The smallest absolute Gasteiger partial charge is 0.238 e. The van der Waals surface area contributed by atoms with Crippen molar-refractivity contribution >= 4 is 32.6 Å². The Morgan fingerprint density at radius 2 is 1.85 bits per heavy atom. The van der Waals surface area contributed by atoms with E-state index in [1.54, 1.807) is 23.0 Å². The van der Waals surface area contributed by atoms with Gasteiger partial charge in [0.05, 0.1) is 22.2 Å². The fraction of sp³-hybridized carbons (Fsp3) is 0.0556. The number of sulfonamides is 1. The summed E-state index contributed by atoms with van der Waals surface area (Å²) in [6, 6.07) is 14.2. The quantitative estimate of drug-likeness (QED) is 0.562. The predicted molar refractivity (Wildman–Crippen MR) is 102 cm³/mol. The number of primary sulfonamides is 1. The third kappa shape index (κ3) is 3.37. The van der Waals surface area contributed by atoms with Crippen LogP contribution in [0.25, 0.3) is 16.7 Å². The van der Waals surface area contributed by atoms with Crippen molar-refractivity contribution in [2.24, 2.45) is 5.14 Å². The van der Waals surface area contributed by atoms with Crippen molar-refractivity contribution in [2.75, 3.05) is 5.32 Å². The van der Waals surface area contributed by atoms with Gasteiger partial charge in [0.25, 0.3) is 0 Å². The maximum absolute atomic E-state index is 11.6. The molecule has 2 heterocycles. The van der Waals surface area contributed by atoms with Crippen LogP contribution in [0.5, 0.6) is 0 Å². The van der Waals surface area contributed by atoms with Crippen LogP contribution in [-0.4, -0.2) is 28.2 Å². The first-order valence-electron chi connectivity index (χ1n) is 8.07. The second-order valence-electron chi connectivity index (χ2n) is 6.05. The third-order valence-corrected chi connectivity index (χ3v) is 4.98. The van der Waals surface area contributed by atoms with Crippen LogP contribution in [0.2, 0.25) is 0 Å². The highest BCUT2D eigenvalue weighted by Gasteiger charge is 2.14. The molecule has 4 aromatic rings. The maximum atomic E-state index is 11.6. The number of aryl methyl sites for hydroxylation is 1. The highest BCUT2D eigenvalue weighted by atomic mass is 32.2. The predicted octanol–water partition coefficient (Wildman–Crippen LogP) is 2.51. The van der Waals surface area contributed by atoms with E-state index < -0.39 is 10.0 Å². The first-order chi connectivity index (χ1) is 12.9. The molecule has 0 aliphatic rings. The summed E-state index contributed by atoms with van der Waals surface area (Å²) in [5.41, 5.74) is 3.14. The van der Waals surface area contributed by atoms with Gasteiger partial charge in [-0.15, -0.1) is 0 Å². The lowest BCUT2D eigenvalue weighted by Crippen LogP contribution is -2.12. The van der Waals surface area contributed by atoms with Crippen LogP contribution >= 0.6 is 0 Å². The summed E-state index contributed by atoms with van der Waals surface area (Å²) in [7, 11) is -3.81. The molecule has 0 unspecified atom stereocenters. The van der Waals surface area contributed by atoms with Crippen LogP contribution in [0.1, 0.15) is 5.56 Å². The summed E-state index contributed by atoms with van der Waals surface area (Å²) in [6.07, 6.45) is 3.07. The molecule has 2 aromatic heterocycles. The Hall–Kier alpha value is -3.30. The molecular formula is C18H16N6O2S. The molecule has 0 atom stereocenters. The zero-order valence-electron chi connectivity index (χ0n) is 14.4. The third-order valence-electron chi connectivity index (χ3n) is 4.07. The van der Waals surface area contributed by atoms with E-state index in [0.717, 1.165) is 11.3 Å². The lowest BCUT2D eigenvalue weighted by atomic mass is 10.2. The minimum absolute atomic E-state index is 0.00992. The Bertz CT molecular complexity index is 1230. The molecule has 9 heteroatoms. The molecule has 0 fully saturated rings. The molecule has 136 valence electrons. The Kier molecular flexibility index (Phi) is 4.09. The van der Waals surface area contributed by atoms with E-state index >= 15 is 0 Å². The van der Waals surface area contributed by atoms with Crippen LogP contribution < -0.4 is 10.5 Å². The van der Waals surface area contributed by atoms with Crippen molar-refractivity contribution in [2.45, 2.75) is 11.8 Å². The average Bonchev–Trinajstić information content (AvgIpc) is 3.08. The fourth-order valence-electron chi connectivity index (χ4n) is 2.70. The van der Waals surface area contributed by atoms with E-state index in [1.807, 2.05) is 31.2 Å². The number of nitrogens with two attached hydrogens (primary N) is 1. The highest BCUT2D eigenvalue weighted by molar-refractivity contribution is 7.89. The Balaban J connectivity index is 1.78. The summed E-state index contributed by atoms with van der Waals surface area (Å²) in [4.78, 5) is 8.60. The number of benzene rings is 2. The van der Waals surface area contributed by atoms with E-state index in [0.29, 0.717) is 22.5 Å². The van der Waals surface area contributed by atoms with E-state index in [9.17, 15) is 8.42 Å². The SMILES string of the molecule is Cc1ccc(Nc2ncnc3c2cnn3-c2cccc(S(N)(=O)=O)c2)cc1. The minimum Gasteiger partial charge on any atom is -0.340 e. The van der Waals surface area contributed by atoms with Crippen LogP contribution in [0, 0.1) is 6.92 Å². The molecule has 2 aromatic carbocycles. The summed E-state index contributed by atoms with van der Waals surface area (Å²) in [5.74, 6) is 0.609. The van der Waals surface area contributed by atoms with Crippen LogP contribution in [0.4, 0.5) is 11.5 Å². The van der Waals surface area contributed by atoms with Crippen LogP contribution in [0.15, 0.2) is 66.0 Å². The van der Waals surface area contributed by atoms with Gasteiger partial charge in [-0.1, -0.05) is 23.8 Å². The largest absolute Gasteiger partial charge is 0.340 e. The van der Waals surface area contributed by atoms with Gasteiger partial charge in [-0.3, -0.25) is 0 Å². The maximum Gasteiger partial charge on any atom is 0.238 e. The van der Waals surface area contributed by atoms with Gasteiger partial charge in [-0.05, 0) is 37.3 Å². The van der Waals surface area contributed by atoms with E-state index in [4.69, 9.17) is 5.14 Å². The molecule has 0 radical (unpaired) electrons. The van der Waals surface area contributed by atoms with E-state index in [-0.39, 0.29) is 4.90 Å². The number of aromatic nitrogens is 4. The number of fused-ring (bicyclic) bond motifs is 1. The second kappa shape index (κ2) is 6.45. The van der Waals surface area contributed by atoms with Crippen molar-refractivity contribution in [1.29, 1.82) is 0 Å². The monoisotopic (exact) mass is 380 g/mol. The number of hydrogen-bond acceptors (Lipinski definition) is 6. The van der Waals surface area contributed by atoms with Gasteiger partial charge in [0.15, 0.2) is 5.65 Å². The van der Waals surface area contributed by atoms with Gasteiger partial charge in [-0.25, -0.2) is 28.2 Å². The molecule has 0 aliphatic carbocycles. The molecule has 0 bridgehead atoms. The standard InChI is InChI=1S/C18H16N6O2S/c1-12-5-7-13(8-6-12)23-17-16-10-22-24(18(16)21-11-20-17)14-3-2-4-15(9-14)27(19,25)26/h2-11H,1H3,(H2,19,25,26)(H,20,21,23). The van der Waals surface area contributed by atoms with Crippen molar-refractivity contribution in [3.05, 3.63) is 66.6 Å². The molecule has 4 rings (SSSR count). The van der Waals surface area contributed by atoms with Gasteiger partial charge >= 0.3 is 0 Å². The molecule has 0 spiro atoms. The number of hydrogen-bond donors (Lipinski definition) is 2. The Morgan fingerprint density at radius 1 is 1.07 bits per heavy atom. The fourth-order valence-corrected chi connectivity index (χ4v) is 3.25. The Morgan fingerprint density at radius 3 is 2.59 bits per heavy atom. The van der Waals surface area contributed by atoms with Crippen molar-refractivity contribution in [1.82, 2.24) is 19.7 Å². The molecule has 0 saturated carbocycles. The lowest BCUT2D eigenvalue weighted by Gasteiger charge is -2.08. The van der Waals surface area contributed by atoms with Crippen LogP contribution in [0.3, 0.4) is 0 Å². The van der Waals surface area contributed by atoms with Gasteiger partial charge < -0.3 is 5.32 Å². The van der Waals surface area contributed by atoms with E-state index in [2.05, 4.69) is 20.4 Å². The summed E-state index contributed by atoms with van der Waals surface area (Å²) < 4.78 is 24.8. The first-order valence-corrected chi connectivity index (χ1v) is 9.62. The van der Waals surface area contributed by atoms with Crippen molar-refractivity contribution in [3.63, 3.8) is 0 Å². The van der Waals surface area contributed by atoms with Gasteiger partial charge in [0.1, 0.15) is 12.1 Å².